The monoisotopic (exact) mass is 308 g/mol. The molecule has 1 aromatic carbocycles. The second kappa shape index (κ2) is 7.24. The number of nitrogens with zero attached hydrogens (tertiary/aromatic N) is 2. The Morgan fingerprint density at radius 3 is 2.82 bits per heavy atom. The SMILES string of the molecule is CCOC(=O)N1CCCC(C(=O)N(C)c2ccccc2F)C1. The standard InChI is InChI=1S/C16H21FN2O3/c1-3-22-16(21)19-10-6-7-12(11-19)15(20)18(2)14-9-5-4-8-13(14)17/h4-5,8-9,12H,3,6-7,10-11H2,1-2H3. The van der Waals surface area contributed by atoms with Gasteiger partial charge in [-0.3, -0.25) is 4.79 Å². The number of anilines is 1. The molecule has 1 saturated heterocycles. The van der Waals surface area contributed by atoms with Gasteiger partial charge in [0, 0.05) is 20.1 Å². The number of likely N-dealkylation sites (tertiary alicyclic amines) is 1. The van der Waals surface area contributed by atoms with E-state index in [0.29, 0.717) is 26.1 Å². The second-order valence-corrected chi connectivity index (χ2v) is 5.33. The first-order valence-electron chi connectivity index (χ1n) is 7.48. The van der Waals surface area contributed by atoms with Gasteiger partial charge in [0.15, 0.2) is 0 Å². The molecule has 1 heterocycles. The second-order valence-electron chi connectivity index (χ2n) is 5.33. The maximum Gasteiger partial charge on any atom is 0.409 e. The number of rotatable bonds is 3. The molecule has 1 aromatic rings. The van der Waals surface area contributed by atoms with Gasteiger partial charge in [-0.1, -0.05) is 12.1 Å². The van der Waals surface area contributed by atoms with Crippen LogP contribution in [0, 0.1) is 11.7 Å². The van der Waals surface area contributed by atoms with E-state index in [4.69, 9.17) is 4.74 Å². The number of amides is 2. The molecule has 1 aliphatic heterocycles. The van der Waals surface area contributed by atoms with Gasteiger partial charge < -0.3 is 14.5 Å². The number of hydrogen-bond donors (Lipinski definition) is 0. The summed E-state index contributed by atoms with van der Waals surface area (Å²) in [5.41, 5.74) is 0.251. The van der Waals surface area contributed by atoms with Crippen LogP contribution in [-0.2, 0) is 9.53 Å². The largest absolute Gasteiger partial charge is 0.450 e. The average molecular weight is 308 g/mol. The zero-order valence-electron chi connectivity index (χ0n) is 12.9. The lowest BCUT2D eigenvalue weighted by molar-refractivity contribution is -0.123. The predicted octanol–water partition coefficient (Wildman–Crippen LogP) is 2.66. The summed E-state index contributed by atoms with van der Waals surface area (Å²) in [5.74, 6) is -0.946. The van der Waals surface area contributed by atoms with E-state index < -0.39 is 11.9 Å². The molecule has 0 N–H and O–H groups in total. The first-order valence-corrected chi connectivity index (χ1v) is 7.48. The van der Waals surface area contributed by atoms with E-state index in [2.05, 4.69) is 0 Å². The normalized spacial score (nSPS) is 18.0. The molecule has 22 heavy (non-hydrogen) atoms. The molecule has 2 rings (SSSR count). The zero-order chi connectivity index (χ0) is 16.1. The van der Waals surface area contributed by atoms with E-state index in [-0.39, 0.29) is 17.5 Å². The van der Waals surface area contributed by atoms with Crippen LogP contribution in [0.2, 0.25) is 0 Å². The highest BCUT2D eigenvalue weighted by Gasteiger charge is 2.31. The molecule has 0 bridgehead atoms. The lowest BCUT2D eigenvalue weighted by atomic mass is 9.96. The molecule has 0 spiro atoms. The van der Waals surface area contributed by atoms with E-state index in [1.165, 1.54) is 11.0 Å². The van der Waals surface area contributed by atoms with Crippen molar-refractivity contribution in [3.63, 3.8) is 0 Å². The van der Waals surface area contributed by atoms with Crippen LogP contribution in [-0.4, -0.2) is 43.6 Å². The Labute approximate surface area is 129 Å². The van der Waals surface area contributed by atoms with Gasteiger partial charge in [0.2, 0.25) is 5.91 Å². The van der Waals surface area contributed by atoms with E-state index in [9.17, 15) is 14.0 Å². The minimum absolute atomic E-state index is 0.181. The number of halogens is 1. The first-order chi connectivity index (χ1) is 10.5. The van der Waals surface area contributed by atoms with Crippen LogP contribution in [0.3, 0.4) is 0 Å². The highest BCUT2D eigenvalue weighted by molar-refractivity contribution is 5.95. The van der Waals surface area contributed by atoms with Crippen LogP contribution in [0.15, 0.2) is 24.3 Å². The first kappa shape index (κ1) is 16.3. The van der Waals surface area contributed by atoms with Gasteiger partial charge in [-0.15, -0.1) is 0 Å². The van der Waals surface area contributed by atoms with E-state index in [0.717, 1.165) is 6.42 Å². The Hall–Kier alpha value is -2.11. The summed E-state index contributed by atoms with van der Waals surface area (Å²) >= 11 is 0. The Morgan fingerprint density at radius 1 is 1.41 bits per heavy atom. The van der Waals surface area contributed by atoms with Crippen molar-refractivity contribution in [3.05, 3.63) is 30.1 Å². The van der Waals surface area contributed by atoms with Crippen molar-refractivity contribution in [3.8, 4) is 0 Å². The molecule has 6 heteroatoms. The average Bonchev–Trinajstić information content (AvgIpc) is 2.54. The highest BCUT2D eigenvalue weighted by Crippen LogP contribution is 2.24. The predicted molar refractivity (Wildman–Crippen MR) is 81.1 cm³/mol. The van der Waals surface area contributed by atoms with Crippen LogP contribution >= 0.6 is 0 Å². The fourth-order valence-electron chi connectivity index (χ4n) is 2.68. The van der Waals surface area contributed by atoms with Crippen LogP contribution in [0.4, 0.5) is 14.9 Å². The fraction of sp³-hybridized carbons (Fsp3) is 0.500. The number of carbonyl (C=O) groups excluding carboxylic acids is 2. The van der Waals surface area contributed by atoms with Gasteiger partial charge in [0.25, 0.3) is 0 Å². The molecule has 1 atom stereocenters. The third-order valence-electron chi connectivity index (χ3n) is 3.84. The highest BCUT2D eigenvalue weighted by atomic mass is 19.1. The molecular formula is C16H21FN2O3. The van der Waals surface area contributed by atoms with Crippen molar-refractivity contribution in [2.24, 2.45) is 5.92 Å². The van der Waals surface area contributed by atoms with Crippen molar-refractivity contribution >= 4 is 17.7 Å². The molecule has 2 amide bonds. The lowest BCUT2D eigenvalue weighted by Gasteiger charge is -2.33. The number of piperidine rings is 1. The minimum Gasteiger partial charge on any atom is -0.450 e. The molecule has 0 saturated carbocycles. The van der Waals surface area contributed by atoms with Crippen LogP contribution < -0.4 is 4.90 Å². The Morgan fingerprint density at radius 2 is 2.14 bits per heavy atom. The number of carbonyl (C=O) groups is 2. The topological polar surface area (TPSA) is 49.9 Å². The van der Waals surface area contributed by atoms with Crippen LogP contribution in [0.1, 0.15) is 19.8 Å². The number of benzene rings is 1. The summed E-state index contributed by atoms with van der Waals surface area (Å²) in [6, 6.07) is 6.16. The third-order valence-corrected chi connectivity index (χ3v) is 3.84. The van der Waals surface area contributed by atoms with E-state index in [1.54, 1.807) is 37.1 Å². The Kier molecular flexibility index (Phi) is 5.35. The van der Waals surface area contributed by atoms with Crippen molar-refractivity contribution < 1.29 is 18.7 Å². The maximum atomic E-state index is 13.8. The third kappa shape index (κ3) is 3.55. The number of hydrogen-bond acceptors (Lipinski definition) is 3. The Bertz CT molecular complexity index is 550. The molecule has 1 unspecified atom stereocenters. The summed E-state index contributed by atoms with van der Waals surface area (Å²) in [7, 11) is 1.56. The van der Waals surface area contributed by atoms with Crippen molar-refractivity contribution in [2.75, 3.05) is 31.6 Å². The van der Waals surface area contributed by atoms with Gasteiger partial charge in [0.1, 0.15) is 5.82 Å². The molecule has 0 aliphatic carbocycles. The molecular weight excluding hydrogens is 287 g/mol. The summed E-state index contributed by atoms with van der Waals surface area (Å²) in [5, 5.41) is 0. The van der Waals surface area contributed by atoms with Crippen LogP contribution in [0.25, 0.3) is 0 Å². The van der Waals surface area contributed by atoms with Gasteiger partial charge in [-0.2, -0.15) is 0 Å². The molecule has 0 aromatic heterocycles. The maximum absolute atomic E-state index is 13.8. The molecule has 5 nitrogen and oxygen atoms in total. The molecule has 1 aliphatic rings. The number of ether oxygens (including phenoxy) is 1. The summed E-state index contributed by atoms with van der Waals surface area (Å²) < 4.78 is 18.8. The summed E-state index contributed by atoms with van der Waals surface area (Å²) in [6.07, 6.45) is 1.03. The van der Waals surface area contributed by atoms with Gasteiger partial charge in [-0.05, 0) is 31.9 Å². The number of para-hydroxylation sites is 1. The smallest absolute Gasteiger partial charge is 0.409 e. The van der Waals surface area contributed by atoms with Crippen LogP contribution in [0.5, 0.6) is 0 Å². The Balaban J connectivity index is 2.05. The molecule has 0 radical (unpaired) electrons. The summed E-state index contributed by atoms with van der Waals surface area (Å²) in [4.78, 5) is 27.2. The lowest BCUT2D eigenvalue weighted by Crippen LogP contribution is -2.46. The summed E-state index contributed by atoms with van der Waals surface area (Å²) in [6.45, 7) is 2.96. The molecule has 120 valence electrons. The molecule has 1 fully saturated rings. The van der Waals surface area contributed by atoms with Crippen molar-refractivity contribution in [1.29, 1.82) is 0 Å². The van der Waals surface area contributed by atoms with E-state index >= 15 is 0 Å². The van der Waals surface area contributed by atoms with Crippen molar-refractivity contribution in [1.82, 2.24) is 4.90 Å². The van der Waals surface area contributed by atoms with Gasteiger partial charge in [-0.25, -0.2) is 9.18 Å². The van der Waals surface area contributed by atoms with E-state index in [1.807, 2.05) is 0 Å². The van der Waals surface area contributed by atoms with Gasteiger partial charge >= 0.3 is 6.09 Å². The minimum atomic E-state index is -0.434. The zero-order valence-corrected chi connectivity index (χ0v) is 12.9. The fourth-order valence-corrected chi connectivity index (χ4v) is 2.68. The quantitative estimate of drug-likeness (QED) is 0.862. The van der Waals surface area contributed by atoms with Gasteiger partial charge in [0.05, 0.1) is 18.2 Å². The van der Waals surface area contributed by atoms with Crippen molar-refractivity contribution in [2.45, 2.75) is 19.8 Å².